The molecule has 0 N–H and O–H groups in total. The third-order valence-corrected chi connectivity index (χ3v) is 1.92. The standard InChI is InChI=1S/C12H14O/c1-9(2)12-7-5-4-6-11(12)8-10(3)13/h4-7H,1,8H2,2-3H3. The minimum atomic E-state index is 0.189. The van der Waals surface area contributed by atoms with Gasteiger partial charge < -0.3 is 0 Å². The van der Waals surface area contributed by atoms with E-state index in [0.717, 1.165) is 16.7 Å². The number of carbonyl (C=O) groups excluding carboxylic acids is 1. The molecule has 1 nitrogen and oxygen atoms in total. The first-order chi connectivity index (χ1) is 6.11. The number of carbonyl (C=O) groups is 1. The molecule has 0 aromatic heterocycles. The van der Waals surface area contributed by atoms with Crippen LogP contribution in [0, 0.1) is 0 Å². The van der Waals surface area contributed by atoms with Crippen LogP contribution in [-0.2, 0) is 11.2 Å². The van der Waals surface area contributed by atoms with Crippen LogP contribution in [0.15, 0.2) is 30.8 Å². The first kappa shape index (κ1) is 9.72. The molecule has 1 aromatic carbocycles. The zero-order chi connectivity index (χ0) is 9.84. The van der Waals surface area contributed by atoms with Crippen LogP contribution in [0.25, 0.3) is 5.57 Å². The van der Waals surface area contributed by atoms with E-state index in [0.29, 0.717) is 6.42 Å². The molecule has 1 rings (SSSR count). The van der Waals surface area contributed by atoms with Crippen molar-refractivity contribution >= 4 is 11.4 Å². The summed E-state index contributed by atoms with van der Waals surface area (Å²) in [5.41, 5.74) is 3.18. The van der Waals surface area contributed by atoms with Crippen LogP contribution in [-0.4, -0.2) is 5.78 Å². The molecular formula is C12H14O. The maximum absolute atomic E-state index is 11.0. The minimum absolute atomic E-state index is 0.189. The fourth-order valence-electron chi connectivity index (χ4n) is 1.36. The second-order valence-electron chi connectivity index (χ2n) is 3.32. The number of ketones is 1. The highest BCUT2D eigenvalue weighted by Gasteiger charge is 2.03. The SMILES string of the molecule is C=C(C)c1ccccc1CC(C)=O. The zero-order valence-corrected chi connectivity index (χ0v) is 8.13. The van der Waals surface area contributed by atoms with Crippen molar-refractivity contribution in [2.75, 3.05) is 0 Å². The summed E-state index contributed by atoms with van der Waals surface area (Å²) in [6.45, 7) is 7.45. The summed E-state index contributed by atoms with van der Waals surface area (Å²) in [7, 11) is 0. The van der Waals surface area contributed by atoms with Gasteiger partial charge in [0.15, 0.2) is 0 Å². The molecule has 13 heavy (non-hydrogen) atoms. The molecule has 1 heteroatoms. The highest BCUT2D eigenvalue weighted by molar-refractivity contribution is 5.80. The molecule has 0 spiro atoms. The van der Waals surface area contributed by atoms with Crippen molar-refractivity contribution in [3.63, 3.8) is 0 Å². The normalized spacial score (nSPS) is 9.69. The Morgan fingerprint density at radius 3 is 2.46 bits per heavy atom. The number of benzene rings is 1. The summed E-state index contributed by atoms with van der Waals surface area (Å²) in [6.07, 6.45) is 0.503. The van der Waals surface area contributed by atoms with E-state index < -0.39 is 0 Å². The summed E-state index contributed by atoms with van der Waals surface area (Å²) in [5, 5.41) is 0. The summed E-state index contributed by atoms with van der Waals surface area (Å²) < 4.78 is 0. The van der Waals surface area contributed by atoms with Crippen LogP contribution in [0.5, 0.6) is 0 Å². The van der Waals surface area contributed by atoms with Crippen molar-refractivity contribution in [2.24, 2.45) is 0 Å². The van der Waals surface area contributed by atoms with E-state index in [9.17, 15) is 4.79 Å². The van der Waals surface area contributed by atoms with Gasteiger partial charge in [-0.05, 0) is 25.0 Å². The van der Waals surface area contributed by atoms with Gasteiger partial charge in [0.1, 0.15) is 5.78 Å². The molecule has 0 bridgehead atoms. The number of rotatable bonds is 3. The van der Waals surface area contributed by atoms with Gasteiger partial charge in [0.05, 0.1) is 0 Å². The molecule has 0 aliphatic heterocycles. The lowest BCUT2D eigenvalue weighted by molar-refractivity contribution is -0.116. The van der Waals surface area contributed by atoms with Gasteiger partial charge in [-0.15, -0.1) is 0 Å². The molecule has 68 valence electrons. The Balaban J connectivity index is 3.04. The zero-order valence-electron chi connectivity index (χ0n) is 8.13. The van der Waals surface area contributed by atoms with E-state index >= 15 is 0 Å². The van der Waals surface area contributed by atoms with E-state index in [4.69, 9.17) is 0 Å². The van der Waals surface area contributed by atoms with Gasteiger partial charge in [0.25, 0.3) is 0 Å². The fraction of sp³-hybridized carbons (Fsp3) is 0.250. The van der Waals surface area contributed by atoms with Crippen LogP contribution in [0.2, 0.25) is 0 Å². The minimum Gasteiger partial charge on any atom is -0.300 e. The summed E-state index contributed by atoms with van der Waals surface area (Å²) >= 11 is 0. The summed E-state index contributed by atoms with van der Waals surface area (Å²) in [4.78, 5) is 11.0. The van der Waals surface area contributed by atoms with Gasteiger partial charge in [0.2, 0.25) is 0 Å². The first-order valence-electron chi connectivity index (χ1n) is 4.34. The lowest BCUT2D eigenvalue weighted by Crippen LogP contribution is -1.99. The Hall–Kier alpha value is -1.37. The lowest BCUT2D eigenvalue weighted by Gasteiger charge is -2.06. The largest absolute Gasteiger partial charge is 0.300 e. The highest BCUT2D eigenvalue weighted by Crippen LogP contribution is 2.17. The molecule has 0 amide bonds. The smallest absolute Gasteiger partial charge is 0.134 e. The van der Waals surface area contributed by atoms with Crippen LogP contribution < -0.4 is 0 Å². The van der Waals surface area contributed by atoms with E-state index in [2.05, 4.69) is 6.58 Å². The van der Waals surface area contributed by atoms with Crippen molar-refractivity contribution in [3.8, 4) is 0 Å². The molecule has 0 aliphatic rings. The van der Waals surface area contributed by atoms with E-state index in [1.54, 1.807) is 6.92 Å². The third-order valence-electron chi connectivity index (χ3n) is 1.92. The van der Waals surface area contributed by atoms with Gasteiger partial charge in [-0.2, -0.15) is 0 Å². The van der Waals surface area contributed by atoms with Crippen molar-refractivity contribution in [2.45, 2.75) is 20.3 Å². The maximum Gasteiger partial charge on any atom is 0.134 e. The third kappa shape index (κ3) is 2.55. The molecular weight excluding hydrogens is 160 g/mol. The van der Waals surface area contributed by atoms with Gasteiger partial charge >= 0.3 is 0 Å². The van der Waals surface area contributed by atoms with Crippen molar-refractivity contribution < 1.29 is 4.79 Å². The predicted molar refractivity (Wildman–Crippen MR) is 55.5 cm³/mol. The van der Waals surface area contributed by atoms with E-state index in [1.165, 1.54) is 0 Å². The molecule has 0 radical (unpaired) electrons. The Kier molecular flexibility index (Phi) is 3.02. The number of hydrogen-bond donors (Lipinski definition) is 0. The van der Waals surface area contributed by atoms with Gasteiger partial charge in [-0.3, -0.25) is 4.79 Å². The van der Waals surface area contributed by atoms with Crippen LogP contribution >= 0.6 is 0 Å². The quantitative estimate of drug-likeness (QED) is 0.688. The highest BCUT2D eigenvalue weighted by atomic mass is 16.1. The first-order valence-corrected chi connectivity index (χ1v) is 4.34. The van der Waals surface area contributed by atoms with Crippen LogP contribution in [0.3, 0.4) is 0 Å². The Morgan fingerprint density at radius 2 is 1.92 bits per heavy atom. The Bertz CT molecular complexity index is 337. The second-order valence-corrected chi connectivity index (χ2v) is 3.32. The van der Waals surface area contributed by atoms with E-state index in [1.807, 2.05) is 31.2 Å². The summed E-state index contributed by atoms with van der Waals surface area (Å²) in [6, 6.07) is 7.89. The van der Waals surface area contributed by atoms with Crippen molar-refractivity contribution in [1.29, 1.82) is 0 Å². The van der Waals surface area contributed by atoms with Crippen LogP contribution in [0.1, 0.15) is 25.0 Å². The van der Waals surface area contributed by atoms with Crippen LogP contribution in [0.4, 0.5) is 0 Å². The molecule has 0 saturated carbocycles. The molecule has 0 atom stereocenters. The molecule has 0 heterocycles. The average molecular weight is 174 g/mol. The van der Waals surface area contributed by atoms with Gasteiger partial charge in [0, 0.05) is 6.42 Å². The molecule has 1 aromatic rings. The van der Waals surface area contributed by atoms with Gasteiger partial charge in [-0.1, -0.05) is 36.4 Å². The lowest BCUT2D eigenvalue weighted by atomic mass is 9.98. The number of allylic oxidation sites excluding steroid dienone is 1. The van der Waals surface area contributed by atoms with Crippen molar-refractivity contribution in [1.82, 2.24) is 0 Å². The number of Topliss-reactive ketones (excluding diaryl/α,β-unsaturated/α-hetero) is 1. The molecule has 0 saturated heterocycles. The molecule has 0 unspecified atom stereocenters. The maximum atomic E-state index is 11.0. The summed E-state index contributed by atoms with van der Waals surface area (Å²) in [5.74, 6) is 0.189. The monoisotopic (exact) mass is 174 g/mol. The molecule has 0 fully saturated rings. The Labute approximate surface area is 79.1 Å². The van der Waals surface area contributed by atoms with Crippen molar-refractivity contribution in [3.05, 3.63) is 42.0 Å². The van der Waals surface area contributed by atoms with E-state index in [-0.39, 0.29) is 5.78 Å². The second kappa shape index (κ2) is 4.04. The predicted octanol–water partition coefficient (Wildman–Crippen LogP) is 2.85. The fourth-order valence-corrected chi connectivity index (χ4v) is 1.36. The average Bonchev–Trinajstić information content (AvgIpc) is 2.03. The molecule has 0 aliphatic carbocycles. The number of hydrogen-bond acceptors (Lipinski definition) is 1. The topological polar surface area (TPSA) is 17.1 Å². The Morgan fingerprint density at radius 1 is 1.31 bits per heavy atom. The van der Waals surface area contributed by atoms with Gasteiger partial charge in [-0.25, -0.2) is 0 Å².